The van der Waals surface area contributed by atoms with Crippen LogP contribution in [0.2, 0.25) is 5.02 Å². The maximum atomic E-state index is 15.5. The van der Waals surface area contributed by atoms with Crippen molar-refractivity contribution in [3.63, 3.8) is 0 Å². The first-order valence-corrected chi connectivity index (χ1v) is 21.5. The molecule has 0 radical (unpaired) electrons. The fraction of sp³-hybridized carbons (Fsp3) is 0.405. The largest absolute Gasteiger partial charge is 0.435 e. The molecule has 17 heteroatoms. The zero-order chi connectivity index (χ0) is 42.2. The number of fused-ring (bicyclic) bond motifs is 4. The van der Waals surface area contributed by atoms with Crippen LogP contribution in [0.25, 0.3) is 22.0 Å². The van der Waals surface area contributed by atoms with Crippen LogP contribution >= 0.6 is 11.6 Å². The predicted octanol–water partition coefficient (Wildman–Crippen LogP) is 8.60. The highest BCUT2D eigenvalue weighted by Crippen LogP contribution is 2.68. The Balaban J connectivity index is 1.27. The Kier molecular flexibility index (Phi) is 10.5. The molecule has 1 aliphatic heterocycles. The molecule has 0 N–H and O–H groups in total. The van der Waals surface area contributed by atoms with Crippen molar-refractivity contribution >= 4 is 43.7 Å². The number of pyridine rings is 1. The molecule has 2 aliphatic carbocycles. The number of ketones is 1. The number of alkyl halides is 5. The first kappa shape index (κ1) is 41.0. The number of hydrogen-bond acceptors (Lipinski definition) is 6. The average molecular weight is 860 g/mol. The van der Waals surface area contributed by atoms with Crippen LogP contribution in [-0.4, -0.2) is 59.9 Å². The van der Waals surface area contributed by atoms with E-state index in [2.05, 4.69) is 27.9 Å². The number of hydrogen-bond donors (Lipinski definition) is 0. The number of benzene rings is 2. The van der Waals surface area contributed by atoms with Gasteiger partial charge in [0.1, 0.15) is 29.6 Å². The Bertz CT molecular complexity index is 2670. The molecule has 0 spiro atoms. The molecule has 3 aromatic heterocycles. The Labute approximate surface area is 340 Å². The van der Waals surface area contributed by atoms with Gasteiger partial charge in [-0.15, -0.1) is 0 Å². The molecule has 1 saturated carbocycles. The summed E-state index contributed by atoms with van der Waals surface area (Å²) in [6.07, 6.45) is -2.73. The molecule has 4 heterocycles. The van der Waals surface area contributed by atoms with Gasteiger partial charge in [0.15, 0.2) is 11.5 Å². The molecular weight excluding hydrogens is 823 g/mol. The number of nitrogens with zero attached hydrogens (tertiary/aromatic N) is 5. The van der Waals surface area contributed by atoms with Crippen LogP contribution in [0.4, 0.5) is 30.7 Å². The van der Waals surface area contributed by atoms with Crippen LogP contribution in [0.5, 0.6) is 0 Å². The standard InChI is InChI=1S/C42H37ClF7N5O3S/c1-54-38-30(10-11-33(43)36(38)34(52-54)21-59(2,3)57)29-9-8-27(7-6-22-5-4-12-58-20-22)51-37(29)24(13-23-14-25(44)17-26(45)15-23)16-28(56)19-55-40-35(39(53-55)42(48,49)50)31-18-32(31)41(40,46)47/h8-11,14-15,17,22,24,31-32H,2,4-5,12-13,16,18-21H2,1,3H3/t22?,24-,31+,32-,59?/m1/s1. The summed E-state index contributed by atoms with van der Waals surface area (Å²) in [6.45, 7) is 0.130. The van der Waals surface area contributed by atoms with Crippen LogP contribution in [0.1, 0.15) is 77.1 Å². The lowest BCUT2D eigenvalue weighted by Gasteiger charge is -2.22. The van der Waals surface area contributed by atoms with Gasteiger partial charge in [-0.3, -0.25) is 18.4 Å². The Morgan fingerprint density at radius 2 is 1.85 bits per heavy atom. The van der Waals surface area contributed by atoms with Crippen molar-refractivity contribution in [1.82, 2.24) is 24.5 Å². The highest BCUT2D eigenvalue weighted by atomic mass is 35.5. The molecule has 5 atom stereocenters. The van der Waals surface area contributed by atoms with Gasteiger partial charge in [0, 0.05) is 72.2 Å². The monoisotopic (exact) mass is 859 g/mol. The van der Waals surface area contributed by atoms with Crippen molar-refractivity contribution in [2.45, 2.75) is 68.3 Å². The fourth-order valence-corrected chi connectivity index (χ4v) is 9.60. The zero-order valence-corrected chi connectivity index (χ0v) is 33.4. The second-order valence-electron chi connectivity index (χ2n) is 15.8. The van der Waals surface area contributed by atoms with Crippen molar-refractivity contribution in [3.8, 4) is 23.0 Å². The van der Waals surface area contributed by atoms with E-state index >= 15 is 8.78 Å². The van der Waals surface area contributed by atoms with E-state index in [9.17, 15) is 31.0 Å². The van der Waals surface area contributed by atoms with Gasteiger partial charge in [-0.05, 0) is 88.8 Å². The van der Waals surface area contributed by atoms with E-state index < -0.39 is 86.7 Å². The Morgan fingerprint density at radius 3 is 2.53 bits per heavy atom. The lowest BCUT2D eigenvalue weighted by molar-refractivity contribution is -0.142. The topological polar surface area (TPSA) is 91.9 Å². The molecule has 310 valence electrons. The fourth-order valence-electron chi connectivity index (χ4n) is 8.56. The first-order valence-electron chi connectivity index (χ1n) is 18.9. The third-order valence-electron chi connectivity index (χ3n) is 11.0. The number of rotatable bonds is 10. The van der Waals surface area contributed by atoms with Crippen molar-refractivity contribution in [3.05, 3.63) is 98.7 Å². The summed E-state index contributed by atoms with van der Waals surface area (Å²) in [7, 11) is -0.912. The second kappa shape index (κ2) is 15.1. The molecule has 59 heavy (non-hydrogen) atoms. The van der Waals surface area contributed by atoms with Crippen molar-refractivity contribution in [2.24, 2.45) is 18.9 Å². The van der Waals surface area contributed by atoms with Gasteiger partial charge in [-0.1, -0.05) is 23.6 Å². The number of aromatic nitrogens is 5. The van der Waals surface area contributed by atoms with Crippen LogP contribution < -0.4 is 0 Å². The van der Waals surface area contributed by atoms with Gasteiger partial charge in [0.25, 0.3) is 5.92 Å². The lowest BCUT2D eigenvalue weighted by Crippen LogP contribution is -2.24. The maximum absolute atomic E-state index is 15.5. The van der Waals surface area contributed by atoms with E-state index in [0.29, 0.717) is 56.7 Å². The summed E-state index contributed by atoms with van der Waals surface area (Å²) >= 11 is 6.73. The molecule has 8 nitrogen and oxygen atoms in total. The number of Topliss-reactive ketones (excluding diaryl/α,β-unsaturated/α-hetero) is 1. The second-order valence-corrected chi connectivity index (χ2v) is 18.9. The molecular formula is C42H37ClF7N5O3S. The zero-order valence-electron chi connectivity index (χ0n) is 31.8. The maximum Gasteiger partial charge on any atom is 0.435 e. The Hall–Kier alpha value is -4.72. The summed E-state index contributed by atoms with van der Waals surface area (Å²) < 4.78 is 123. The van der Waals surface area contributed by atoms with Gasteiger partial charge in [0.05, 0.1) is 34.3 Å². The number of aryl methyl sites for hydroxylation is 1. The van der Waals surface area contributed by atoms with Crippen LogP contribution in [0.15, 0.2) is 42.5 Å². The van der Waals surface area contributed by atoms with Gasteiger partial charge < -0.3 is 4.74 Å². The van der Waals surface area contributed by atoms with E-state index in [1.54, 1.807) is 36.0 Å². The summed E-state index contributed by atoms with van der Waals surface area (Å²) in [5.74, 6) is 0.443. The number of carbonyl (C=O) groups is 1. The first-order chi connectivity index (χ1) is 27.8. The molecule has 2 aromatic carbocycles. The molecule has 3 aliphatic rings. The number of ether oxygens (including phenoxy) is 1. The van der Waals surface area contributed by atoms with Crippen molar-refractivity contribution < 1.29 is 44.5 Å². The van der Waals surface area contributed by atoms with E-state index in [1.165, 1.54) is 6.26 Å². The summed E-state index contributed by atoms with van der Waals surface area (Å²) in [4.78, 5) is 19.1. The van der Waals surface area contributed by atoms with Crippen LogP contribution in [-0.2, 0) is 56.9 Å². The van der Waals surface area contributed by atoms with E-state index in [0.717, 1.165) is 25.0 Å². The van der Waals surface area contributed by atoms with E-state index in [-0.39, 0.29) is 41.5 Å². The highest BCUT2D eigenvalue weighted by molar-refractivity contribution is 7.98. The third kappa shape index (κ3) is 8.13. The molecule has 8 rings (SSSR count). The van der Waals surface area contributed by atoms with Gasteiger partial charge in [0.2, 0.25) is 0 Å². The summed E-state index contributed by atoms with van der Waals surface area (Å²) in [5.41, 5.74) is -0.410. The minimum absolute atomic E-state index is 0.00795. The number of halogens is 8. The summed E-state index contributed by atoms with van der Waals surface area (Å²) in [5, 5.41) is 8.94. The normalized spacial score (nSPS) is 21.0. The van der Waals surface area contributed by atoms with E-state index in [1.807, 2.05) is 0 Å². The minimum Gasteiger partial charge on any atom is -0.380 e. The molecule has 0 amide bonds. The van der Waals surface area contributed by atoms with E-state index in [4.69, 9.17) is 21.3 Å². The molecule has 2 unspecified atom stereocenters. The molecule has 0 bridgehead atoms. The molecule has 5 aromatic rings. The van der Waals surface area contributed by atoms with Crippen molar-refractivity contribution in [2.75, 3.05) is 19.5 Å². The Morgan fingerprint density at radius 1 is 1.12 bits per heavy atom. The van der Waals surface area contributed by atoms with Crippen molar-refractivity contribution in [1.29, 1.82) is 0 Å². The van der Waals surface area contributed by atoms with Gasteiger partial charge >= 0.3 is 6.18 Å². The minimum atomic E-state index is -5.03. The van der Waals surface area contributed by atoms with Crippen LogP contribution in [0.3, 0.4) is 0 Å². The highest BCUT2D eigenvalue weighted by Gasteiger charge is 2.68. The van der Waals surface area contributed by atoms with Gasteiger partial charge in [-0.2, -0.15) is 32.1 Å². The number of carbonyl (C=O) groups excluding carboxylic acids is 1. The smallest absolute Gasteiger partial charge is 0.380 e. The molecule has 2 fully saturated rings. The van der Waals surface area contributed by atoms with Crippen LogP contribution in [0, 0.1) is 35.3 Å². The van der Waals surface area contributed by atoms with Gasteiger partial charge in [-0.25, -0.2) is 13.8 Å². The average Bonchev–Trinajstić information content (AvgIpc) is 3.68. The quantitative estimate of drug-likeness (QED) is 0.0794. The predicted molar refractivity (Wildman–Crippen MR) is 209 cm³/mol. The SMILES string of the molecule is C=S(C)(=O)Cc1nn(C)c2c(-c3ccc(C#CC4CCCOC4)nc3[C@@H](CC(=O)Cn3nc(C(F)(F)F)c4c3C(F)(F)[C@@H]3C[C@H]43)Cc3cc(F)cc(F)c3)ccc(Cl)c12. The third-order valence-corrected chi connectivity index (χ3v) is 12.2. The summed E-state index contributed by atoms with van der Waals surface area (Å²) in [6, 6.07) is 9.57. The molecule has 1 saturated heterocycles. The lowest BCUT2D eigenvalue weighted by atomic mass is 9.86.